The zero-order valence-electron chi connectivity index (χ0n) is 13.6. The van der Waals surface area contributed by atoms with Crippen molar-refractivity contribution in [2.45, 2.75) is 83.5 Å². The van der Waals surface area contributed by atoms with Crippen molar-refractivity contribution in [2.75, 3.05) is 13.7 Å². The van der Waals surface area contributed by atoms with Gasteiger partial charge in [0.15, 0.2) is 0 Å². The van der Waals surface area contributed by atoms with E-state index in [9.17, 15) is 15.3 Å². The summed E-state index contributed by atoms with van der Waals surface area (Å²) in [5.41, 5.74) is -1.47. The van der Waals surface area contributed by atoms with Crippen molar-refractivity contribution in [3.63, 3.8) is 0 Å². The maximum absolute atomic E-state index is 10.8. The van der Waals surface area contributed by atoms with Crippen molar-refractivity contribution < 1.29 is 20.1 Å². The topological polar surface area (TPSA) is 69.9 Å². The Bertz CT molecular complexity index is 235. The number of unbranched alkanes of at least 4 members (excludes halogenated alkanes) is 2. The molecular formula is C16H34O4. The second kappa shape index (κ2) is 10.6. The van der Waals surface area contributed by atoms with Gasteiger partial charge in [0, 0.05) is 7.11 Å². The molecule has 0 aromatic carbocycles. The highest BCUT2D eigenvalue weighted by molar-refractivity contribution is 4.95. The van der Waals surface area contributed by atoms with Crippen LogP contribution in [0.15, 0.2) is 0 Å². The maximum atomic E-state index is 10.8. The van der Waals surface area contributed by atoms with Crippen LogP contribution < -0.4 is 0 Å². The Hall–Kier alpha value is -0.160. The quantitative estimate of drug-likeness (QED) is 0.516. The molecule has 0 fully saturated rings. The van der Waals surface area contributed by atoms with Gasteiger partial charge in [-0.15, -0.1) is 0 Å². The zero-order valence-corrected chi connectivity index (χ0v) is 13.6. The smallest absolute Gasteiger partial charge is 0.119 e. The number of rotatable bonds is 12. The second-order valence-electron chi connectivity index (χ2n) is 5.82. The van der Waals surface area contributed by atoms with E-state index in [2.05, 4.69) is 6.92 Å². The van der Waals surface area contributed by atoms with Crippen LogP contribution in [-0.4, -0.2) is 46.8 Å². The minimum atomic E-state index is -1.47. The summed E-state index contributed by atoms with van der Waals surface area (Å²) in [6, 6.07) is 0. The SMILES string of the molecule is CCCCC(CC)C(O)C(O)(CCCC)C(O)COC. The molecular weight excluding hydrogens is 256 g/mol. The number of hydrogen-bond acceptors (Lipinski definition) is 4. The van der Waals surface area contributed by atoms with Crippen LogP contribution in [0.5, 0.6) is 0 Å². The van der Waals surface area contributed by atoms with Crippen LogP contribution in [0.3, 0.4) is 0 Å². The number of methoxy groups -OCH3 is 1. The predicted octanol–water partition coefficient (Wildman–Crippen LogP) is 2.49. The van der Waals surface area contributed by atoms with E-state index in [1.54, 1.807) is 0 Å². The highest BCUT2D eigenvalue weighted by Crippen LogP contribution is 2.31. The van der Waals surface area contributed by atoms with E-state index in [1.165, 1.54) is 7.11 Å². The molecule has 0 aromatic rings. The lowest BCUT2D eigenvalue weighted by Gasteiger charge is -2.40. The largest absolute Gasteiger partial charge is 0.390 e. The average Bonchev–Trinajstić information content (AvgIpc) is 2.45. The number of aliphatic hydroxyl groups excluding tert-OH is 2. The first kappa shape index (κ1) is 19.8. The third-order valence-corrected chi connectivity index (χ3v) is 4.24. The molecule has 0 aliphatic heterocycles. The number of aliphatic hydroxyl groups is 3. The summed E-state index contributed by atoms with van der Waals surface area (Å²) < 4.78 is 4.95. The Morgan fingerprint density at radius 1 is 1.05 bits per heavy atom. The predicted molar refractivity (Wildman–Crippen MR) is 81.7 cm³/mol. The van der Waals surface area contributed by atoms with E-state index in [4.69, 9.17) is 4.74 Å². The van der Waals surface area contributed by atoms with E-state index in [0.717, 1.165) is 38.5 Å². The van der Waals surface area contributed by atoms with Crippen LogP contribution in [0.4, 0.5) is 0 Å². The fourth-order valence-corrected chi connectivity index (χ4v) is 2.73. The molecule has 4 nitrogen and oxygen atoms in total. The van der Waals surface area contributed by atoms with Gasteiger partial charge < -0.3 is 20.1 Å². The molecule has 0 aromatic heterocycles. The summed E-state index contributed by atoms with van der Waals surface area (Å²) >= 11 is 0. The molecule has 0 spiro atoms. The average molecular weight is 290 g/mol. The van der Waals surface area contributed by atoms with Crippen LogP contribution in [0.25, 0.3) is 0 Å². The second-order valence-corrected chi connectivity index (χ2v) is 5.82. The summed E-state index contributed by atoms with van der Waals surface area (Å²) in [5, 5.41) is 31.6. The van der Waals surface area contributed by atoms with Gasteiger partial charge in [-0.2, -0.15) is 0 Å². The van der Waals surface area contributed by atoms with E-state index in [-0.39, 0.29) is 12.5 Å². The van der Waals surface area contributed by atoms with E-state index in [1.807, 2.05) is 13.8 Å². The van der Waals surface area contributed by atoms with Gasteiger partial charge in [0.2, 0.25) is 0 Å². The molecule has 0 aliphatic carbocycles. The van der Waals surface area contributed by atoms with Crippen molar-refractivity contribution in [1.29, 1.82) is 0 Å². The molecule has 122 valence electrons. The van der Waals surface area contributed by atoms with E-state index >= 15 is 0 Å². The van der Waals surface area contributed by atoms with Gasteiger partial charge in [-0.25, -0.2) is 0 Å². The summed E-state index contributed by atoms with van der Waals surface area (Å²) in [7, 11) is 1.49. The lowest BCUT2D eigenvalue weighted by atomic mass is 9.77. The lowest BCUT2D eigenvalue weighted by Crippen LogP contribution is -2.56. The van der Waals surface area contributed by atoms with Crippen LogP contribution in [0.2, 0.25) is 0 Å². The van der Waals surface area contributed by atoms with Crippen LogP contribution >= 0.6 is 0 Å². The summed E-state index contributed by atoms with van der Waals surface area (Å²) in [6.07, 6.45) is 3.91. The molecule has 0 bridgehead atoms. The van der Waals surface area contributed by atoms with Crippen molar-refractivity contribution >= 4 is 0 Å². The molecule has 0 rings (SSSR count). The van der Waals surface area contributed by atoms with Gasteiger partial charge in [-0.05, 0) is 18.8 Å². The molecule has 3 N–H and O–H groups in total. The van der Waals surface area contributed by atoms with Crippen molar-refractivity contribution in [3.8, 4) is 0 Å². The van der Waals surface area contributed by atoms with Crippen molar-refractivity contribution in [3.05, 3.63) is 0 Å². The Morgan fingerprint density at radius 3 is 2.10 bits per heavy atom. The zero-order chi connectivity index (χ0) is 15.6. The Labute approximate surface area is 124 Å². The molecule has 0 amide bonds. The third kappa shape index (κ3) is 5.68. The Kier molecular flexibility index (Phi) is 10.5. The summed E-state index contributed by atoms with van der Waals surface area (Å²) in [5.74, 6) is 0.0170. The minimum absolute atomic E-state index is 0.0170. The van der Waals surface area contributed by atoms with Crippen molar-refractivity contribution in [1.82, 2.24) is 0 Å². The minimum Gasteiger partial charge on any atom is -0.390 e. The van der Waals surface area contributed by atoms with Crippen LogP contribution in [-0.2, 0) is 4.74 Å². The summed E-state index contributed by atoms with van der Waals surface area (Å²) in [6.45, 7) is 6.21. The normalized spacial score (nSPS) is 19.4. The molecule has 20 heavy (non-hydrogen) atoms. The molecule has 4 unspecified atom stereocenters. The Morgan fingerprint density at radius 2 is 1.65 bits per heavy atom. The fourth-order valence-electron chi connectivity index (χ4n) is 2.73. The van der Waals surface area contributed by atoms with Crippen LogP contribution in [0.1, 0.15) is 65.7 Å². The first-order valence-electron chi connectivity index (χ1n) is 8.05. The van der Waals surface area contributed by atoms with Gasteiger partial charge in [-0.1, -0.05) is 52.9 Å². The fraction of sp³-hybridized carbons (Fsp3) is 1.00. The summed E-state index contributed by atoms with van der Waals surface area (Å²) in [4.78, 5) is 0. The lowest BCUT2D eigenvalue weighted by molar-refractivity contribution is -0.180. The molecule has 0 radical (unpaired) electrons. The third-order valence-electron chi connectivity index (χ3n) is 4.24. The van der Waals surface area contributed by atoms with Gasteiger partial charge >= 0.3 is 0 Å². The van der Waals surface area contributed by atoms with Crippen LogP contribution in [0, 0.1) is 5.92 Å². The van der Waals surface area contributed by atoms with E-state index in [0.29, 0.717) is 6.42 Å². The highest BCUT2D eigenvalue weighted by atomic mass is 16.5. The van der Waals surface area contributed by atoms with Gasteiger partial charge in [0.25, 0.3) is 0 Å². The standard InChI is InChI=1S/C16H34O4/c1-5-8-10-13(7-3)15(18)16(19,11-9-6-2)14(17)12-20-4/h13-15,17-19H,5-12H2,1-4H3. The van der Waals surface area contributed by atoms with Gasteiger partial charge in [0.1, 0.15) is 11.7 Å². The first-order valence-corrected chi connectivity index (χ1v) is 8.05. The Balaban J connectivity index is 4.95. The molecule has 0 saturated carbocycles. The first-order chi connectivity index (χ1) is 9.47. The van der Waals surface area contributed by atoms with Gasteiger partial charge in [-0.3, -0.25) is 0 Å². The molecule has 0 heterocycles. The highest BCUT2D eigenvalue weighted by Gasteiger charge is 2.44. The van der Waals surface area contributed by atoms with Gasteiger partial charge in [0.05, 0.1) is 12.7 Å². The molecule has 4 heteroatoms. The maximum Gasteiger partial charge on any atom is 0.119 e. The molecule has 0 saturated heterocycles. The molecule has 4 atom stereocenters. The van der Waals surface area contributed by atoms with E-state index < -0.39 is 17.8 Å². The number of ether oxygens (including phenoxy) is 1. The number of hydrogen-bond donors (Lipinski definition) is 3. The molecule has 0 aliphatic rings. The van der Waals surface area contributed by atoms with Crippen molar-refractivity contribution in [2.24, 2.45) is 5.92 Å². The monoisotopic (exact) mass is 290 g/mol.